The van der Waals surface area contributed by atoms with Gasteiger partial charge in [-0.1, -0.05) is 32.0 Å². The maximum absolute atomic E-state index is 5.49. The second-order valence-corrected chi connectivity index (χ2v) is 5.43. The van der Waals surface area contributed by atoms with Gasteiger partial charge in [-0.3, -0.25) is 0 Å². The quantitative estimate of drug-likeness (QED) is 0.860. The number of hydrogen-bond donors (Lipinski definition) is 1. The van der Waals surface area contributed by atoms with Crippen LogP contribution in [-0.4, -0.2) is 6.54 Å². The molecule has 0 amide bonds. The first kappa shape index (κ1) is 11.2. The van der Waals surface area contributed by atoms with Crippen molar-refractivity contribution in [3.05, 3.63) is 34.9 Å². The van der Waals surface area contributed by atoms with E-state index in [4.69, 9.17) is 4.74 Å². The lowest BCUT2D eigenvalue weighted by Gasteiger charge is -2.19. The molecule has 3 unspecified atom stereocenters. The third kappa shape index (κ3) is 2.12. The Morgan fingerprint density at radius 2 is 2.12 bits per heavy atom. The lowest BCUT2D eigenvalue weighted by atomic mass is 9.97. The molecule has 17 heavy (non-hydrogen) atoms. The number of nitrogens with one attached hydrogen (secondary N) is 1. The molecule has 0 bridgehead atoms. The van der Waals surface area contributed by atoms with E-state index in [-0.39, 0.29) is 0 Å². The van der Waals surface area contributed by atoms with Crippen LogP contribution in [0.1, 0.15) is 43.0 Å². The molecular formula is C15H21NO. The molecule has 1 aromatic carbocycles. The van der Waals surface area contributed by atoms with Crippen molar-refractivity contribution in [1.29, 1.82) is 0 Å². The standard InChI is InChI=1S/C15H21NO/c1-3-16-15(14-6-10(14)2)11-4-5-12-8-17-9-13(12)7-11/h4-5,7,10,14-16H,3,6,8-9H2,1-2H3. The number of fused-ring (bicyclic) bond motifs is 1. The van der Waals surface area contributed by atoms with Crippen molar-refractivity contribution >= 4 is 0 Å². The zero-order valence-corrected chi connectivity index (χ0v) is 10.7. The molecule has 1 fully saturated rings. The summed E-state index contributed by atoms with van der Waals surface area (Å²) >= 11 is 0. The SMILES string of the molecule is CCNC(c1ccc2c(c1)COC2)C1CC1C. The van der Waals surface area contributed by atoms with E-state index in [1.165, 1.54) is 23.1 Å². The molecule has 1 heterocycles. The lowest BCUT2D eigenvalue weighted by molar-refractivity contribution is 0.134. The molecule has 0 spiro atoms. The van der Waals surface area contributed by atoms with Crippen molar-refractivity contribution < 1.29 is 4.74 Å². The normalized spacial score (nSPS) is 27.9. The molecule has 2 nitrogen and oxygen atoms in total. The largest absolute Gasteiger partial charge is 0.372 e. The number of ether oxygens (including phenoxy) is 1. The molecule has 1 aliphatic carbocycles. The summed E-state index contributed by atoms with van der Waals surface area (Å²) in [6.45, 7) is 7.17. The Labute approximate surface area is 103 Å². The van der Waals surface area contributed by atoms with Crippen LogP contribution in [0, 0.1) is 11.8 Å². The van der Waals surface area contributed by atoms with E-state index in [0.29, 0.717) is 6.04 Å². The Hall–Kier alpha value is -0.860. The molecule has 0 saturated heterocycles. The van der Waals surface area contributed by atoms with Crippen molar-refractivity contribution in [2.45, 2.75) is 39.5 Å². The summed E-state index contributed by atoms with van der Waals surface area (Å²) in [5.74, 6) is 1.71. The van der Waals surface area contributed by atoms with Crippen molar-refractivity contribution in [2.24, 2.45) is 11.8 Å². The van der Waals surface area contributed by atoms with Gasteiger partial charge in [-0.15, -0.1) is 0 Å². The lowest BCUT2D eigenvalue weighted by Crippen LogP contribution is -2.23. The summed E-state index contributed by atoms with van der Waals surface area (Å²) < 4.78 is 5.49. The Balaban J connectivity index is 1.85. The van der Waals surface area contributed by atoms with E-state index in [1.807, 2.05) is 0 Å². The van der Waals surface area contributed by atoms with Gasteiger partial charge in [0.25, 0.3) is 0 Å². The van der Waals surface area contributed by atoms with Gasteiger partial charge in [-0.05, 0) is 41.5 Å². The highest BCUT2D eigenvalue weighted by molar-refractivity contribution is 5.35. The first-order valence-corrected chi connectivity index (χ1v) is 6.72. The predicted octanol–water partition coefficient (Wildman–Crippen LogP) is 3.02. The molecule has 1 N–H and O–H groups in total. The molecule has 1 saturated carbocycles. The highest BCUT2D eigenvalue weighted by atomic mass is 16.5. The Morgan fingerprint density at radius 3 is 2.82 bits per heavy atom. The van der Waals surface area contributed by atoms with Gasteiger partial charge in [0.2, 0.25) is 0 Å². The van der Waals surface area contributed by atoms with Gasteiger partial charge in [-0.2, -0.15) is 0 Å². The van der Waals surface area contributed by atoms with Gasteiger partial charge in [0.15, 0.2) is 0 Å². The molecule has 0 radical (unpaired) electrons. The third-order valence-corrected chi connectivity index (χ3v) is 4.13. The van der Waals surface area contributed by atoms with Gasteiger partial charge >= 0.3 is 0 Å². The van der Waals surface area contributed by atoms with E-state index >= 15 is 0 Å². The molecule has 0 aromatic heterocycles. The van der Waals surface area contributed by atoms with Gasteiger partial charge in [0.1, 0.15) is 0 Å². The van der Waals surface area contributed by atoms with Crippen LogP contribution in [0.15, 0.2) is 18.2 Å². The van der Waals surface area contributed by atoms with Crippen LogP contribution >= 0.6 is 0 Å². The first-order valence-electron chi connectivity index (χ1n) is 6.72. The molecule has 1 aliphatic heterocycles. The highest BCUT2D eigenvalue weighted by Gasteiger charge is 2.39. The molecular weight excluding hydrogens is 210 g/mol. The van der Waals surface area contributed by atoms with Crippen LogP contribution in [0.2, 0.25) is 0 Å². The number of rotatable bonds is 4. The van der Waals surface area contributed by atoms with Crippen molar-refractivity contribution in [3.8, 4) is 0 Å². The number of benzene rings is 1. The van der Waals surface area contributed by atoms with Crippen LogP contribution < -0.4 is 5.32 Å². The minimum absolute atomic E-state index is 0.542. The average Bonchev–Trinajstić information content (AvgIpc) is 2.88. The fraction of sp³-hybridized carbons (Fsp3) is 0.600. The average molecular weight is 231 g/mol. The van der Waals surface area contributed by atoms with Crippen molar-refractivity contribution in [3.63, 3.8) is 0 Å². The predicted molar refractivity (Wildman–Crippen MR) is 68.6 cm³/mol. The second kappa shape index (κ2) is 4.43. The summed E-state index contributed by atoms with van der Waals surface area (Å²) in [5, 5.41) is 3.64. The molecule has 92 valence electrons. The second-order valence-electron chi connectivity index (χ2n) is 5.43. The van der Waals surface area contributed by atoms with Gasteiger partial charge < -0.3 is 10.1 Å². The van der Waals surface area contributed by atoms with Crippen LogP contribution in [0.4, 0.5) is 0 Å². The van der Waals surface area contributed by atoms with Crippen molar-refractivity contribution in [2.75, 3.05) is 6.54 Å². The fourth-order valence-corrected chi connectivity index (χ4v) is 2.94. The molecule has 3 rings (SSSR count). The Kier molecular flexibility index (Phi) is 2.93. The highest BCUT2D eigenvalue weighted by Crippen LogP contribution is 2.47. The van der Waals surface area contributed by atoms with E-state index in [2.05, 4.69) is 37.4 Å². The maximum atomic E-state index is 5.49. The molecule has 3 atom stereocenters. The van der Waals surface area contributed by atoms with E-state index in [9.17, 15) is 0 Å². The van der Waals surface area contributed by atoms with E-state index < -0.39 is 0 Å². The van der Waals surface area contributed by atoms with Crippen LogP contribution in [-0.2, 0) is 18.0 Å². The Morgan fingerprint density at radius 1 is 1.35 bits per heavy atom. The summed E-state index contributed by atoms with van der Waals surface area (Å²) in [5.41, 5.74) is 4.21. The minimum Gasteiger partial charge on any atom is -0.372 e. The van der Waals surface area contributed by atoms with Gasteiger partial charge in [-0.25, -0.2) is 0 Å². The summed E-state index contributed by atoms with van der Waals surface area (Å²) in [6.07, 6.45) is 1.37. The molecule has 2 aliphatic rings. The van der Waals surface area contributed by atoms with Crippen LogP contribution in [0.3, 0.4) is 0 Å². The summed E-state index contributed by atoms with van der Waals surface area (Å²) in [6, 6.07) is 7.42. The first-order chi connectivity index (χ1) is 8.29. The molecule has 2 heteroatoms. The van der Waals surface area contributed by atoms with E-state index in [1.54, 1.807) is 0 Å². The van der Waals surface area contributed by atoms with Gasteiger partial charge in [0, 0.05) is 6.04 Å². The van der Waals surface area contributed by atoms with Gasteiger partial charge in [0.05, 0.1) is 13.2 Å². The molecule has 1 aromatic rings. The summed E-state index contributed by atoms with van der Waals surface area (Å²) in [7, 11) is 0. The van der Waals surface area contributed by atoms with Crippen molar-refractivity contribution in [1.82, 2.24) is 5.32 Å². The maximum Gasteiger partial charge on any atom is 0.0725 e. The smallest absolute Gasteiger partial charge is 0.0725 e. The van der Waals surface area contributed by atoms with Crippen LogP contribution in [0.25, 0.3) is 0 Å². The van der Waals surface area contributed by atoms with Crippen LogP contribution in [0.5, 0.6) is 0 Å². The zero-order chi connectivity index (χ0) is 11.8. The zero-order valence-electron chi connectivity index (χ0n) is 10.7. The fourth-order valence-electron chi connectivity index (χ4n) is 2.94. The summed E-state index contributed by atoms with van der Waals surface area (Å²) in [4.78, 5) is 0. The van der Waals surface area contributed by atoms with E-state index in [0.717, 1.165) is 31.6 Å². The monoisotopic (exact) mass is 231 g/mol. The topological polar surface area (TPSA) is 21.3 Å². The Bertz CT molecular complexity index is 415. The number of hydrogen-bond acceptors (Lipinski definition) is 2. The minimum atomic E-state index is 0.542. The third-order valence-electron chi connectivity index (χ3n) is 4.13.